The molecule has 1 heterocycles. The van der Waals surface area contributed by atoms with Crippen LogP contribution in [0.1, 0.15) is 64.4 Å². The fourth-order valence-corrected chi connectivity index (χ4v) is 5.51. The minimum absolute atomic E-state index is 0.000801. The Bertz CT molecular complexity index is 1540. The zero-order chi connectivity index (χ0) is 35.3. The Labute approximate surface area is 289 Å². The highest BCUT2D eigenvalue weighted by Crippen LogP contribution is 2.40. The zero-order valence-electron chi connectivity index (χ0n) is 29.9. The maximum atomic E-state index is 11.4. The molecule has 0 saturated heterocycles. The minimum atomic E-state index is -0.0855. The molecule has 0 aliphatic heterocycles. The van der Waals surface area contributed by atoms with E-state index in [9.17, 15) is 10.2 Å². The van der Waals surface area contributed by atoms with Gasteiger partial charge in [-0.1, -0.05) is 6.08 Å². The van der Waals surface area contributed by atoms with Crippen molar-refractivity contribution >= 4 is 5.57 Å². The second-order valence-corrected chi connectivity index (χ2v) is 11.7. The second kappa shape index (κ2) is 18.7. The smallest absolute Gasteiger partial charge is 0.167 e. The summed E-state index contributed by atoms with van der Waals surface area (Å²) in [6.07, 6.45) is 3.42. The molecule has 0 radical (unpaired) electrons. The number of hydrogen-bond donors (Lipinski definition) is 2. The standard InChI is InChI=1S/C38H51N3O8/c1-8-44-17-20-47-28-11-12-29(25(5)24(4)23-28)36-39-37(30-13-15-32(26(6)34(30)42)48-21-18-45-9-2)41-38(40-36)31-14-16-33(27(7)35(31)43)49-22-19-46-10-3/h13-16,23,28,42-43H,8-12,17-22H2,1-7H3. The van der Waals surface area contributed by atoms with Gasteiger partial charge in [0.1, 0.15) is 36.2 Å². The molecule has 1 aliphatic rings. The van der Waals surface area contributed by atoms with Gasteiger partial charge in [0.2, 0.25) is 0 Å². The molecule has 0 amide bonds. The normalized spacial score (nSPS) is 14.9. The third-order valence-corrected chi connectivity index (χ3v) is 8.45. The third kappa shape index (κ3) is 9.78. The monoisotopic (exact) mass is 677 g/mol. The number of aromatic hydroxyl groups is 2. The summed E-state index contributed by atoms with van der Waals surface area (Å²) in [4.78, 5) is 14.7. The van der Waals surface area contributed by atoms with Crippen molar-refractivity contribution in [3.05, 3.63) is 58.4 Å². The maximum absolute atomic E-state index is 11.4. The van der Waals surface area contributed by atoms with E-state index < -0.39 is 0 Å². The first-order valence-electron chi connectivity index (χ1n) is 17.1. The third-order valence-electron chi connectivity index (χ3n) is 8.45. The van der Waals surface area contributed by atoms with Crippen molar-refractivity contribution in [3.63, 3.8) is 0 Å². The molecule has 0 fully saturated rings. The van der Waals surface area contributed by atoms with Gasteiger partial charge in [0.25, 0.3) is 0 Å². The van der Waals surface area contributed by atoms with Gasteiger partial charge in [-0.25, -0.2) is 15.0 Å². The Kier molecular flexibility index (Phi) is 14.4. The number of hydrogen-bond acceptors (Lipinski definition) is 11. The summed E-state index contributed by atoms with van der Waals surface area (Å²) in [7, 11) is 0. The number of nitrogens with zero attached hydrogens (tertiary/aromatic N) is 3. The lowest BCUT2D eigenvalue weighted by molar-refractivity contribution is 0.0244. The van der Waals surface area contributed by atoms with Crippen LogP contribution in [0.15, 0.2) is 41.5 Å². The number of benzene rings is 2. The predicted octanol–water partition coefficient (Wildman–Crippen LogP) is 7.00. The Balaban J connectivity index is 1.77. The molecule has 49 heavy (non-hydrogen) atoms. The van der Waals surface area contributed by atoms with Crippen LogP contribution in [0.5, 0.6) is 23.0 Å². The quantitative estimate of drug-likeness (QED) is 0.135. The summed E-state index contributed by atoms with van der Waals surface area (Å²) in [5, 5.41) is 22.8. The van der Waals surface area contributed by atoms with Gasteiger partial charge in [0.05, 0.1) is 43.7 Å². The molecule has 0 spiro atoms. The summed E-state index contributed by atoms with van der Waals surface area (Å²) in [5.41, 5.74) is 4.99. The first-order chi connectivity index (χ1) is 23.7. The van der Waals surface area contributed by atoms with E-state index >= 15 is 0 Å². The highest BCUT2D eigenvalue weighted by atomic mass is 16.5. The number of ether oxygens (including phenoxy) is 6. The van der Waals surface area contributed by atoms with Gasteiger partial charge in [-0.2, -0.15) is 0 Å². The molecule has 1 unspecified atom stereocenters. The van der Waals surface area contributed by atoms with Crippen molar-refractivity contribution < 1.29 is 38.6 Å². The fourth-order valence-electron chi connectivity index (χ4n) is 5.51. The summed E-state index contributed by atoms with van der Waals surface area (Å²) in [6, 6.07) is 7.07. The number of phenolic OH excluding ortho intramolecular Hbond substituents is 2. The predicted molar refractivity (Wildman–Crippen MR) is 189 cm³/mol. The average molecular weight is 678 g/mol. The number of allylic oxidation sites excluding steroid dienone is 3. The van der Waals surface area contributed by atoms with Crippen molar-refractivity contribution in [1.82, 2.24) is 15.0 Å². The highest BCUT2D eigenvalue weighted by Gasteiger charge is 2.24. The van der Waals surface area contributed by atoms with Crippen LogP contribution in [0.3, 0.4) is 0 Å². The molecule has 3 aromatic rings. The van der Waals surface area contributed by atoms with Gasteiger partial charge >= 0.3 is 0 Å². The molecule has 2 aromatic carbocycles. The van der Waals surface area contributed by atoms with Crippen LogP contribution in [0.2, 0.25) is 0 Å². The topological polar surface area (TPSA) is 135 Å². The Morgan fingerprint density at radius 2 is 1.10 bits per heavy atom. The molecule has 11 heteroatoms. The van der Waals surface area contributed by atoms with Crippen molar-refractivity contribution in [3.8, 4) is 45.8 Å². The van der Waals surface area contributed by atoms with E-state index in [2.05, 4.69) is 19.9 Å². The molecule has 1 aromatic heterocycles. The minimum Gasteiger partial charge on any atom is -0.507 e. The van der Waals surface area contributed by atoms with Gasteiger partial charge in [0.15, 0.2) is 17.5 Å². The molecule has 4 rings (SSSR count). The SMILES string of the molecule is CCOCCOc1ccc(-c2nc(C3=C(C)C(C)=CC(OCCOCC)CC3)nc(-c3ccc(OCCOCC)c(C)c3O)n2)c(O)c1C. The molecule has 1 aliphatic carbocycles. The van der Waals surface area contributed by atoms with Crippen LogP contribution in [-0.4, -0.2) is 90.7 Å². The van der Waals surface area contributed by atoms with Crippen LogP contribution < -0.4 is 9.47 Å². The largest absolute Gasteiger partial charge is 0.507 e. The summed E-state index contributed by atoms with van der Waals surface area (Å²) >= 11 is 0. The second-order valence-electron chi connectivity index (χ2n) is 11.7. The van der Waals surface area contributed by atoms with Crippen LogP contribution >= 0.6 is 0 Å². The van der Waals surface area contributed by atoms with Crippen molar-refractivity contribution in [2.45, 2.75) is 67.4 Å². The molecular formula is C38H51N3O8. The Morgan fingerprint density at radius 1 is 0.633 bits per heavy atom. The van der Waals surface area contributed by atoms with Crippen LogP contribution in [0.4, 0.5) is 0 Å². The summed E-state index contributed by atoms with van der Waals surface area (Å²) in [6.45, 7) is 18.0. The summed E-state index contributed by atoms with van der Waals surface area (Å²) < 4.78 is 34.1. The first-order valence-corrected chi connectivity index (χ1v) is 17.1. The highest BCUT2D eigenvalue weighted by molar-refractivity contribution is 5.76. The summed E-state index contributed by atoms with van der Waals surface area (Å²) in [5.74, 6) is 2.09. The van der Waals surface area contributed by atoms with Gasteiger partial charge in [-0.3, -0.25) is 0 Å². The number of aromatic nitrogens is 3. The van der Waals surface area contributed by atoms with E-state index in [1.165, 1.54) is 0 Å². The van der Waals surface area contributed by atoms with Crippen LogP contribution in [0, 0.1) is 13.8 Å². The molecule has 266 valence electrons. The van der Waals surface area contributed by atoms with Gasteiger partial charge in [0, 0.05) is 36.5 Å². The molecule has 0 bridgehead atoms. The van der Waals surface area contributed by atoms with Crippen LogP contribution in [0.25, 0.3) is 28.3 Å². The molecule has 11 nitrogen and oxygen atoms in total. The Hall–Kier alpha value is -4.03. The van der Waals surface area contributed by atoms with Crippen molar-refractivity contribution in [2.75, 3.05) is 59.5 Å². The van der Waals surface area contributed by atoms with Crippen molar-refractivity contribution in [1.29, 1.82) is 0 Å². The maximum Gasteiger partial charge on any atom is 0.167 e. The molecule has 2 N–H and O–H groups in total. The van der Waals surface area contributed by atoms with E-state index in [0.717, 1.165) is 23.1 Å². The van der Waals surface area contributed by atoms with Crippen molar-refractivity contribution in [2.24, 2.45) is 0 Å². The lowest BCUT2D eigenvalue weighted by Gasteiger charge is -2.17. The zero-order valence-corrected chi connectivity index (χ0v) is 29.9. The fraction of sp³-hybridized carbons (Fsp3) is 0.500. The van der Waals surface area contributed by atoms with Gasteiger partial charge in [-0.15, -0.1) is 0 Å². The molecule has 0 saturated carbocycles. The average Bonchev–Trinajstić information content (AvgIpc) is 3.24. The van der Waals surface area contributed by atoms with Gasteiger partial charge < -0.3 is 38.6 Å². The number of rotatable bonds is 18. The lowest BCUT2D eigenvalue weighted by atomic mass is 10.0. The van der Waals surface area contributed by atoms with E-state index in [1.807, 2.05) is 20.8 Å². The van der Waals surface area contributed by atoms with Crippen LogP contribution in [-0.2, 0) is 18.9 Å². The van der Waals surface area contributed by atoms with Gasteiger partial charge in [-0.05, 0) is 96.7 Å². The van der Waals surface area contributed by atoms with E-state index in [-0.39, 0.29) is 29.3 Å². The van der Waals surface area contributed by atoms with E-state index in [4.69, 9.17) is 43.4 Å². The Morgan fingerprint density at radius 3 is 1.59 bits per heavy atom. The first kappa shape index (κ1) is 37.8. The van der Waals surface area contributed by atoms with E-state index in [1.54, 1.807) is 38.1 Å². The lowest BCUT2D eigenvalue weighted by Crippen LogP contribution is -2.14. The molecule has 1 atom stereocenters. The van der Waals surface area contributed by atoms with E-state index in [0.29, 0.717) is 105 Å². The number of phenols is 2. The molecular weight excluding hydrogens is 626 g/mol.